The van der Waals surface area contributed by atoms with Crippen molar-refractivity contribution in [1.82, 2.24) is 9.13 Å². The van der Waals surface area contributed by atoms with Crippen molar-refractivity contribution in [3.05, 3.63) is 119 Å². The second kappa shape index (κ2) is 8.17. The van der Waals surface area contributed by atoms with Crippen LogP contribution in [-0.4, -0.2) is 9.13 Å². The lowest BCUT2D eigenvalue weighted by Crippen LogP contribution is -1.94. The SMILES string of the molecule is Cc1ccc(-n2c3cc(C)ccc3c3oc4cc5c(cc4c32)oc2c3ccc(C)cc3n(-c3ccc(C)cc3)c52)cc1. The average Bonchev–Trinajstić information content (AvgIpc) is 3.69. The van der Waals surface area contributed by atoms with Crippen LogP contribution in [0.1, 0.15) is 22.3 Å². The Morgan fingerprint density at radius 1 is 0.405 bits per heavy atom. The first-order valence-electron chi connectivity index (χ1n) is 14.4. The highest BCUT2D eigenvalue weighted by molar-refractivity contribution is 6.22. The van der Waals surface area contributed by atoms with Gasteiger partial charge in [-0.15, -0.1) is 0 Å². The van der Waals surface area contributed by atoms with Gasteiger partial charge in [-0.05, 0) is 99.5 Å². The first kappa shape index (κ1) is 23.5. The Kier molecular flexibility index (Phi) is 4.57. The zero-order chi connectivity index (χ0) is 28.3. The highest BCUT2D eigenvalue weighted by Crippen LogP contribution is 2.44. The fourth-order valence-electron chi connectivity index (χ4n) is 6.67. The van der Waals surface area contributed by atoms with Gasteiger partial charge in [-0.3, -0.25) is 0 Å². The van der Waals surface area contributed by atoms with Crippen molar-refractivity contribution in [2.75, 3.05) is 0 Å². The number of hydrogen-bond donors (Lipinski definition) is 0. The fraction of sp³-hybridized carbons (Fsp3) is 0.105. The van der Waals surface area contributed by atoms with E-state index >= 15 is 0 Å². The molecule has 202 valence electrons. The first-order valence-corrected chi connectivity index (χ1v) is 14.4. The second-order valence-corrected chi connectivity index (χ2v) is 11.8. The molecule has 9 rings (SSSR count). The number of aromatic nitrogens is 2. The molecule has 4 aromatic heterocycles. The number of nitrogens with zero attached hydrogens (tertiary/aromatic N) is 2. The van der Waals surface area contributed by atoms with E-state index in [4.69, 9.17) is 8.83 Å². The van der Waals surface area contributed by atoms with Crippen molar-refractivity contribution >= 4 is 65.9 Å². The van der Waals surface area contributed by atoms with Gasteiger partial charge in [-0.25, -0.2) is 0 Å². The van der Waals surface area contributed by atoms with Gasteiger partial charge in [0.25, 0.3) is 0 Å². The summed E-state index contributed by atoms with van der Waals surface area (Å²) in [4.78, 5) is 0. The third kappa shape index (κ3) is 3.12. The van der Waals surface area contributed by atoms with E-state index in [9.17, 15) is 0 Å². The van der Waals surface area contributed by atoms with Crippen molar-refractivity contribution in [3.63, 3.8) is 0 Å². The lowest BCUT2D eigenvalue weighted by Gasteiger charge is -2.09. The number of furan rings is 2. The quantitative estimate of drug-likeness (QED) is 0.217. The maximum Gasteiger partial charge on any atom is 0.161 e. The molecule has 0 aliphatic carbocycles. The third-order valence-corrected chi connectivity index (χ3v) is 8.76. The van der Waals surface area contributed by atoms with Crippen molar-refractivity contribution in [1.29, 1.82) is 0 Å². The molecule has 5 aromatic carbocycles. The van der Waals surface area contributed by atoms with Gasteiger partial charge in [-0.1, -0.05) is 47.5 Å². The summed E-state index contributed by atoms with van der Waals surface area (Å²) in [5.41, 5.74) is 15.1. The minimum Gasteiger partial charge on any atom is -0.454 e. The lowest BCUT2D eigenvalue weighted by atomic mass is 10.1. The van der Waals surface area contributed by atoms with Crippen molar-refractivity contribution in [2.24, 2.45) is 0 Å². The molecule has 0 spiro atoms. The Morgan fingerprint density at radius 2 is 0.786 bits per heavy atom. The molecule has 0 bridgehead atoms. The van der Waals surface area contributed by atoms with E-state index in [0.29, 0.717) is 0 Å². The van der Waals surface area contributed by atoms with Crippen LogP contribution in [0.15, 0.2) is 106 Å². The van der Waals surface area contributed by atoms with Crippen LogP contribution in [0, 0.1) is 27.7 Å². The van der Waals surface area contributed by atoms with Gasteiger partial charge in [0, 0.05) is 32.9 Å². The van der Waals surface area contributed by atoms with E-state index in [1.54, 1.807) is 0 Å². The molecule has 0 radical (unpaired) electrons. The molecule has 4 heteroatoms. The smallest absolute Gasteiger partial charge is 0.161 e. The summed E-state index contributed by atoms with van der Waals surface area (Å²) in [6.07, 6.45) is 0. The van der Waals surface area contributed by atoms with Crippen molar-refractivity contribution in [2.45, 2.75) is 27.7 Å². The van der Waals surface area contributed by atoms with Gasteiger partial charge in [-0.2, -0.15) is 0 Å². The molecule has 0 aliphatic rings. The topological polar surface area (TPSA) is 36.1 Å². The van der Waals surface area contributed by atoms with Crippen molar-refractivity contribution in [3.8, 4) is 11.4 Å². The Labute approximate surface area is 242 Å². The molecule has 42 heavy (non-hydrogen) atoms. The summed E-state index contributed by atoms with van der Waals surface area (Å²) >= 11 is 0. The molecular weight excluding hydrogens is 516 g/mol. The van der Waals surface area contributed by atoms with Crippen molar-refractivity contribution < 1.29 is 8.83 Å². The highest BCUT2D eigenvalue weighted by Gasteiger charge is 2.24. The van der Waals surface area contributed by atoms with Gasteiger partial charge in [0.05, 0.1) is 11.0 Å². The van der Waals surface area contributed by atoms with Crippen LogP contribution in [-0.2, 0) is 0 Å². The number of aryl methyl sites for hydroxylation is 4. The monoisotopic (exact) mass is 544 g/mol. The maximum absolute atomic E-state index is 6.74. The number of hydrogen-bond acceptors (Lipinski definition) is 2. The van der Waals surface area contributed by atoms with E-state index in [-0.39, 0.29) is 0 Å². The summed E-state index contributed by atoms with van der Waals surface area (Å²) in [7, 11) is 0. The van der Waals surface area contributed by atoms with E-state index in [2.05, 4.69) is 134 Å². The molecule has 0 saturated heterocycles. The second-order valence-electron chi connectivity index (χ2n) is 11.8. The van der Waals surface area contributed by atoms with Crippen LogP contribution in [0.2, 0.25) is 0 Å². The molecule has 9 aromatic rings. The predicted molar refractivity (Wildman–Crippen MR) is 174 cm³/mol. The minimum absolute atomic E-state index is 0.857. The summed E-state index contributed by atoms with van der Waals surface area (Å²) in [6, 6.07) is 34.9. The Morgan fingerprint density at radius 3 is 1.19 bits per heavy atom. The Balaban J connectivity index is 1.42. The minimum atomic E-state index is 0.857. The largest absolute Gasteiger partial charge is 0.454 e. The van der Waals surface area contributed by atoms with Crippen LogP contribution >= 0.6 is 0 Å². The van der Waals surface area contributed by atoms with Gasteiger partial charge in [0.15, 0.2) is 11.2 Å². The fourth-order valence-corrected chi connectivity index (χ4v) is 6.67. The zero-order valence-electron chi connectivity index (χ0n) is 23.9. The molecule has 4 nitrogen and oxygen atoms in total. The van der Waals surface area contributed by atoms with Gasteiger partial charge < -0.3 is 18.0 Å². The lowest BCUT2D eigenvalue weighted by molar-refractivity contribution is 0.668. The zero-order valence-corrected chi connectivity index (χ0v) is 23.9. The number of fused-ring (bicyclic) bond motifs is 10. The summed E-state index contributed by atoms with van der Waals surface area (Å²) < 4.78 is 18.2. The number of rotatable bonds is 2. The first-order chi connectivity index (χ1) is 20.4. The highest BCUT2D eigenvalue weighted by atomic mass is 16.3. The summed E-state index contributed by atoms with van der Waals surface area (Å²) in [5, 5.41) is 4.31. The van der Waals surface area contributed by atoms with E-state index in [0.717, 1.165) is 77.3 Å². The molecule has 0 fully saturated rings. The third-order valence-electron chi connectivity index (χ3n) is 8.76. The normalized spacial score (nSPS) is 12.3. The van der Waals surface area contributed by atoms with Gasteiger partial charge in [0.1, 0.15) is 22.2 Å². The summed E-state index contributed by atoms with van der Waals surface area (Å²) in [5.74, 6) is 0. The van der Waals surface area contributed by atoms with E-state index < -0.39 is 0 Å². The van der Waals surface area contributed by atoms with Gasteiger partial charge >= 0.3 is 0 Å². The Hall–Kier alpha value is -5.22. The Bertz CT molecular complexity index is 2350. The molecule has 0 N–H and O–H groups in total. The molecule has 0 amide bonds. The maximum atomic E-state index is 6.74. The standard InChI is InChI=1S/C38H28N2O2/c1-21-5-11-25(12-6-21)39-31-17-23(3)9-15-27(31)37-35(39)29-19-34-30(20-33(29)41-37)36-38(42-34)28-16-10-24(4)18-32(28)40(36)26-13-7-22(2)8-14-26/h5-20H,1-4H3. The molecular formula is C38H28N2O2. The average molecular weight is 545 g/mol. The van der Waals surface area contributed by atoms with E-state index in [1.165, 1.54) is 22.3 Å². The van der Waals surface area contributed by atoms with Crippen LogP contribution in [0.4, 0.5) is 0 Å². The van der Waals surface area contributed by atoms with Crippen LogP contribution in [0.25, 0.3) is 77.3 Å². The van der Waals surface area contributed by atoms with Crippen LogP contribution in [0.3, 0.4) is 0 Å². The molecule has 0 saturated carbocycles. The predicted octanol–water partition coefficient (Wildman–Crippen LogP) is 10.6. The number of benzene rings is 5. The molecule has 0 atom stereocenters. The van der Waals surface area contributed by atoms with E-state index in [1.807, 2.05) is 0 Å². The van der Waals surface area contributed by atoms with Crippen LogP contribution < -0.4 is 0 Å². The van der Waals surface area contributed by atoms with Crippen LogP contribution in [0.5, 0.6) is 0 Å². The summed E-state index contributed by atoms with van der Waals surface area (Å²) in [6.45, 7) is 8.52. The molecule has 0 unspecified atom stereocenters. The van der Waals surface area contributed by atoms with Gasteiger partial charge in [0.2, 0.25) is 0 Å². The molecule has 0 aliphatic heterocycles. The molecule has 4 heterocycles.